The van der Waals surface area contributed by atoms with E-state index < -0.39 is 0 Å². The lowest BCUT2D eigenvalue weighted by molar-refractivity contribution is 0.261. The van der Waals surface area contributed by atoms with Crippen molar-refractivity contribution in [1.82, 2.24) is 10.3 Å². The second-order valence-electron chi connectivity index (χ2n) is 5.36. The second kappa shape index (κ2) is 7.59. The van der Waals surface area contributed by atoms with Gasteiger partial charge in [-0.15, -0.1) is 0 Å². The van der Waals surface area contributed by atoms with Crippen molar-refractivity contribution in [2.24, 2.45) is 11.8 Å². The smallest absolute Gasteiger partial charge is 0.232 e. The zero-order valence-corrected chi connectivity index (χ0v) is 12.4. The third-order valence-corrected chi connectivity index (χ3v) is 2.57. The number of rotatable bonds is 7. The highest BCUT2D eigenvalue weighted by molar-refractivity contribution is 6.31. The van der Waals surface area contributed by atoms with Crippen LogP contribution in [-0.4, -0.2) is 18.1 Å². The predicted molar refractivity (Wildman–Crippen MR) is 76.1 cm³/mol. The average Bonchev–Trinajstić information content (AvgIpc) is 2.27. The largest absolute Gasteiger partial charge is 0.476 e. The molecule has 0 saturated carbocycles. The van der Waals surface area contributed by atoms with Crippen LogP contribution in [0, 0.1) is 11.8 Å². The first-order valence-corrected chi connectivity index (χ1v) is 6.84. The molecule has 0 unspecified atom stereocenters. The summed E-state index contributed by atoms with van der Waals surface area (Å²) in [5.74, 6) is 1.63. The van der Waals surface area contributed by atoms with Crippen molar-refractivity contribution in [3.05, 3.63) is 22.8 Å². The van der Waals surface area contributed by atoms with Crippen LogP contribution in [0.3, 0.4) is 0 Å². The van der Waals surface area contributed by atoms with Crippen LogP contribution in [0.15, 0.2) is 12.3 Å². The summed E-state index contributed by atoms with van der Waals surface area (Å²) in [4.78, 5) is 4.25. The lowest BCUT2D eigenvalue weighted by atomic mass is 10.2. The molecule has 18 heavy (non-hydrogen) atoms. The van der Waals surface area contributed by atoms with Crippen molar-refractivity contribution in [2.45, 2.75) is 34.2 Å². The highest BCUT2D eigenvalue weighted by Crippen LogP contribution is 2.22. The summed E-state index contributed by atoms with van der Waals surface area (Å²) >= 11 is 6.14. The first-order chi connectivity index (χ1) is 8.49. The fraction of sp³-hybridized carbons (Fsp3) is 0.643. The zero-order valence-electron chi connectivity index (χ0n) is 11.7. The Labute approximate surface area is 115 Å². The first-order valence-electron chi connectivity index (χ1n) is 6.47. The van der Waals surface area contributed by atoms with Gasteiger partial charge in [0.05, 0.1) is 6.61 Å². The molecule has 4 heteroatoms. The molecule has 1 aromatic rings. The van der Waals surface area contributed by atoms with Crippen LogP contribution < -0.4 is 10.1 Å². The molecule has 0 spiro atoms. The van der Waals surface area contributed by atoms with Gasteiger partial charge < -0.3 is 10.1 Å². The Morgan fingerprint density at radius 1 is 1.28 bits per heavy atom. The van der Waals surface area contributed by atoms with Crippen LogP contribution in [0.4, 0.5) is 0 Å². The standard InChI is InChI=1S/C14H23ClN2O/c1-10(2)6-16-7-12-5-13(15)14(17-8-12)18-9-11(3)4/h5,8,10-11,16H,6-7,9H2,1-4H3. The minimum Gasteiger partial charge on any atom is -0.476 e. The van der Waals surface area contributed by atoms with Crippen molar-refractivity contribution >= 4 is 11.6 Å². The lowest BCUT2D eigenvalue weighted by Crippen LogP contribution is -2.19. The van der Waals surface area contributed by atoms with Crippen LogP contribution in [0.1, 0.15) is 33.3 Å². The van der Waals surface area contributed by atoms with Crippen molar-refractivity contribution in [2.75, 3.05) is 13.2 Å². The zero-order chi connectivity index (χ0) is 13.5. The number of aromatic nitrogens is 1. The first kappa shape index (κ1) is 15.3. The van der Waals surface area contributed by atoms with Crippen molar-refractivity contribution in [1.29, 1.82) is 0 Å². The van der Waals surface area contributed by atoms with E-state index in [9.17, 15) is 0 Å². The Bertz CT molecular complexity index is 367. The molecule has 1 heterocycles. The monoisotopic (exact) mass is 270 g/mol. The summed E-state index contributed by atoms with van der Waals surface area (Å²) < 4.78 is 5.53. The molecule has 102 valence electrons. The average molecular weight is 271 g/mol. The van der Waals surface area contributed by atoms with E-state index in [2.05, 4.69) is 38.0 Å². The number of pyridine rings is 1. The van der Waals surface area contributed by atoms with E-state index in [1.165, 1.54) is 0 Å². The molecule has 3 nitrogen and oxygen atoms in total. The van der Waals surface area contributed by atoms with Crippen LogP contribution in [-0.2, 0) is 6.54 Å². The van der Waals surface area contributed by atoms with Gasteiger partial charge in [-0.3, -0.25) is 0 Å². The number of nitrogens with zero attached hydrogens (tertiary/aromatic N) is 1. The number of nitrogens with one attached hydrogen (secondary N) is 1. The van der Waals surface area contributed by atoms with E-state index in [0.717, 1.165) is 18.7 Å². The minimum absolute atomic E-state index is 0.468. The van der Waals surface area contributed by atoms with E-state index >= 15 is 0 Å². The van der Waals surface area contributed by atoms with Gasteiger partial charge in [-0.05, 0) is 30.0 Å². The highest BCUT2D eigenvalue weighted by Gasteiger charge is 2.06. The molecular weight excluding hydrogens is 248 g/mol. The molecule has 0 fully saturated rings. The Balaban J connectivity index is 2.51. The topological polar surface area (TPSA) is 34.2 Å². The van der Waals surface area contributed by atoms with Crippen molar-refractivity contribution in [3.8, 4) is 5.88 Å². The molecule has 0 aliphatic heterocycles. The predicted octanol–water partition coefficient (Wildman–Crippen LogP) is 3.52. The van der Waals surface area contributed by atoms with Gasteiger partial charge in [0.25, 0.3) is 0 Å². The van der Waals surface area contributed by atoms with E-state index in [1.54, 1.807) is 0 Å². The Morgan fingerprint density at radius 2 is 2.00 bits per heavy atom. The van der Waals surface area contributed by atoms with E-state index in [1.807, 2.05) is 12.3 Å². The van der Waals surface area contributed by atoms with E-state index in [-0.39, 0.29) is 0 Å². The number of ether oxygens (including phenoxy) is 1. The number of hydrogen-bond donors (Lipinski definition) is 1. The fourth-order valence-corrected chi connectivity index (χ4v) is 1.66. The van der Waals surface area contributed by atoms with Gasteiger partial charge in [0.2, 0.25) is 5.88 Å². The molecule has 0 aliphatic rings. The molecule has 1 rings (SSSR count). The van der Waals surface area contributed by atoms with Crippen LogP contribution in [0.2, 0.25) is 5.02 Å². The molecule has 0 bridgehead atoms. The normalized spacial score (nSPS) is 11.3. The Kier molecular flexibility index (Phi) is 6.44. The summed E-state index contributed by atoms with van der Waals surface area (Å²) in [6.07, 6.45) is 1.81. The molecule has 1 aromatic heterocycles. The summed E-state index contributed by atoms with van der Waals surface area (Å²) in [5, 5.41) is 3.94. The molecular formula is C14H23ClN2O. The minimum atomic E-state index is 0.468. The van der Waals surface area contributed by atoms with Gasteiger partial charge in [-0.25, -0.2) is 4.98 Å². The van der Waals surface area contributed by atoms with Gasteiger partial charge >= 0.3 is 0 Å². The highest BCUT2D eigenvalue weighted by atomic mass is 35.5. The molecule has 0 amide bonds. The fourth-order valence-electron chi connectivity index (χ4n) is 1.42. The molecule has 0 saturated heterocycles. The number of halogens is 1. The molecule has 1 N–H and O–H groups in total. The third kappa shape index (κ3) is 5.69. The summed E-state index contributed by atoms with van der Waals surface area (Å²) in [5.41, 5.74) is 1.08. The summed E-state index contributed by atoms with van der Waals surface area (Å²) in [6.45, 7) is 11.0. The van der Waals surface area contributed by atoms with Gasteiger partial charge in [0.1, 0.15) is 5.02 Å². The Hall–Kier alpha value is -0.800. The maximum absolute atomic E-state index is 6.14. The Morgan fingerprint density at radius 3 is 2.56 bits per heavy atom. The van der Waals surface area contributed by atoms with Crippen LogP contribution in [0.5, 0.6) is 5.88 Å². The summed E-state index contributed by atoms with van der Waals surface area (Å²) in [7, 11) is 0. The molecule has 0 aliphatic carbocycles. The van der Waals surface area contributed by atoms with Gasteiger partial charge in [0.15, 0.2) is 0 Å². The SMILES string of the molecule is CC(C)CNCc1cnc(OCC(C)C)c(Cl)c1. The van der Waals surface area contributed by atoms with Crippen LogP contribution in [0.25, 0.3) is 0 Å². The maximum Gasteiger partial charge on any atom is 0.232 e. The van der Waals surface area contributed by atoms with Crippen molar-refractivity contribution in [3.63, 3.8) is 0 Å². The molecule has 0 radical (unpaired) electrons. The lowest BCUT2D eigenvalue weighted by Gasteiger charge is -2.11. The summed E-state index contributed by atoms with van der Waals surface area (Å²) in [6, 6.07) is 1.91. The maximum atomic E-state index is 6.14. The van der Waals surface area contributed by atoms with Gasteiger partial charge in [0, 0.05) is 12.7 Å². The van der Waals surface area contributed by atoms with Crippen LogP contribution >= 0.6 is 11.6 Å². The van der Waals surface area contributed by atoms with Gasteiger partial charge in [-0.1, -0.05) is 39.3 Å². The third-order valence-electron chi connectivity index (χ3n) is 2.30. The van der Waals surface area contributed by atoms with E-state index in [0.29, 0.717) is 29.3 Å². The van der Waals surface area contributed by atoms with Crippen molar-refractivity contribution < 1.29 is 4.74 Å². The second-order valence-corrected chi connectivity index (χ2v) is 5.77. The molecule has 0 aromatic carbocycles. The molecule has 0 atom stereocenters. The quantitative estimate of drug-likeness (QED) is 0.823. The number of hydrogen-bond acceptors (Lipinski definition) is 3. The van der Waals surface area contributed by atoms with E-state index in [4.69, 9.17) is 16.3 Å². The van der Waals surface area contributed by atoms with Gasteiger partial charge in [-0.2, -0.15) is 0 Å².